The second-order valence-electron chi connectivity index (χ2n) is 13.7. The second-order valence-corrected chi connectivity index (χ2v) is 13.7. The molecule has 10 rings (SSSR count). The molecular weight excluding hydrogens is 567 g/mol. The summed E-state index contributed by atoms with van der Waals surface area (Å²) >= 11 is 0. The first-order valence-electron chi connectivity index (χ1n) is 16.6. The molecule has 2 aliphatic rings. The predicted octanol–water partition coefficient (Wildman–Crippen LogP) is 11.9. The molecule has 0 bridgehead atoms. The van der Waals surface area contributed by atoms with Gasteiger partial charge in [-0.25, -0.2) is 0 Å². The molecule has 0 spiro atoms. The van der Waals surface area contributed by atoms with Gasteiger partial charge in [-0.2, -0.15) is 0 Å². The van der Waals surface area contributed by atoms with Gasteiger partial charge in [-0.05, 0) is 73.8 Å². The van der Waals surface area contributed by atoms with Gasteiger partial charge in [-0.1, -0.05) is 153 Å². The van der Waals surface area contributed by atoms with Crippen molar-refractivity contribution in [3.63, 3.8) is 0 Å². The normalized spacial score (nSPS) is 15.4. The molecule has 0 saturated carbocycles. The van der Waals surface area contributed by atoms with E-state index in [1.807, 2.05) is 0 Å². The summed E-state index contributed by atoms with van der Waals surface area (Å²) in [6.45, 7) is 4.74. The Bertz CT molecular complexity index is 2530. The molecule has 0 N–H and O–H groups in total. The number of hydrogen-bond acceptors (Lipinski definition) is 0. The van der Waals surface area contributed by atoms with Crippen molar-refractivity contribution in [3.8, 4) is 39.1 Å². The molecule has 222 valence electrons. The number of rotatable bonds is 3. The lowest BCUT2D eigenvalue weighted by Crippen LogP contribution is -2.15. The monoisotopic (exact) mass is 599 g/mol. The van der Waals surface area contributed by atoms with E-state index < -0.39 is 0 Å². The third-order valence-electron chi connectivity index (χ3n) is 10.9. The molecule has 7 aromatic carbocycles. The molecule has 0 saturated heterocycles. The van der Waals surface area contributed by atoms with Crippen LogP contribution in [0.5, 0.6) is 0 Å². The molecule has 0 fully saturated rings. The minimum Gasteiger partial charge on any atom is -0.309 e. The second kappa shape index (κ2) is 9.67. The minimum absolute atomic E-state index is 0.0632. The molecule has 1 unspecified atom stereocenters. The van der Waals surface area contributed by atoms with Gasteiger partial charge in [0.1, 0.15) is 0 Å². The zero-order valence-electron chi connectivity index (χ0n) is 26.5. The van der Waals surface area contributed by atoms with E-state index in [-0.39, 0.29) is 11.3 Å². The number of fused-ring (bicyclic) bond motifs is 10. The highest BCUT2D eigenvalue weighted by atomic mass is 15.0. The minimum atomic E-state index is -0.0632. The van der Waals surface area contributed by atoms with E-state index in [0.29, 0.717) is 0 Å². The largest absolute Gasteiger partial charge is 0.309 e. The lowest BCUT2D eigenvalue weighted by molar-refractivity contribution is 0.660. The van der Waals surface area contributed by atoms with Crippen LogP contribution in [0.1, 0.15) is 47.6 Å². The highest BCUT2D eigenvalue weighted by Crippen LogP contribution is 2.53. The molecule has 1 nitrogen and oxygen atoms in total. The number of nitrogens with zero attached hydrogens (tertiary/aromatic N) is 1. The molecule has 2 aliphatic carbocycles. The molecule has 1 heteroatoms. The van der Waals surface area contributed by atoms with Crippen LogP contribution < -0.4 is 0 Å². The summed E-state index contributed by atoms with van der Waals surface area (Å²) in [6, 6.07) is 58.7. The topological polar surface area (TPSA) is 4.93 Å². The van der Waals surface area contributed by atoms with Crippen LogP contribution in [0.3, 0.4) is 0 Å². The van der Waals surface area contributed by atoms with E-state index in [9.17, 15) is 0 Å². The van der Waals surface area contributed by atoms with Crippen LogP contribution in [0, 0.1) is 0 Å². The maximum atomic E-state index is 2.54. The molecule has 1 aromatic heterocycles. The Morgan fingerprint density at radius 3 is 2.02 bits per heavy atom. The Hall–Kier alpha value is -5.66. The predicted molar refractivity (Wildman–Crippen MR) is 197 cm³/mol. The third-order valence-corrected chi connectivity index (χ3v) is 10.9. The van der Waals surface area contributed by atoms with Crippen molar-refractivity contribution >= 4 is 21.8 Å². The van der Waals surface area contributed by atoms with Crippen molar-refractivity contribution in [2.75, 3.05) is 0 Å². The first-order valence-corrected chi connectivity index (χ1v) is 16.6. The van der Waals surface area contributed by atoms with Crippen molar-refractivity contribution < 1.29 is 0 Å². The molecular formula is C46H33N. The van der Waals surface area contributed by atoms with Crippen molar-refractivity contribution in [1.29, 1.82) is 0 Å². The van der Waals surface area contributed by atoms with E-state index in [4.69, 9.17) is 0 Å². The highest BCUT2D eigenvalue weighted by molar-refractivity contribution is 6.15. The van der Waals surface area contributed by atoms with Gasteiger partial charge in [0, 0.05) is 33.4 Å². The Morgan fingerprint density at radius 1 is 0.489 bits per heavy atom. The van der Waals surface area contributed by atoms with Crippen molar-refractivity contribution in [3.05, 3.63) is 186 Å². The Labute approximate surface area is 275 Å². The van der Waals surface area contributed by atoms with E-state index in [1.165, 1.54) is 88.7 Å². The van der Waals surface area contributed by atoms with Crippen LogP contribution in [0.25, 0.3) is 60.9 Å². The number of para-hydroxylation sites is 1. The van der Waals surface area contributed by atoms with Crippen LogP contribution in [0.15, 0.2) is 158 Å². The van der Waals surface area contributed by atoms with Gasteiger partial charge in [0.25, 0.3) is 0 Å². The van der Waals surface area contributed by atoms with Crippen LogP contribution in [-0.2, 0) is 5.41 Å². The zero-order chi connectivity index (χ0) is 31.3. The van der Waals surface area contributed by atoms with Gasteiger partial charge in [-0.15, -0.1) is 0 Å². The summed E-state index contributed by atoms with van der Waals surface area (Å²) in [7, 11) is 0. The molecule has 1 atom stereocenters. The first-order chi connectivity index (χ1) is 23.1. The van der Waals surface area contributed by atoms with Crippen molar-refractivity contribution in [2.24, 2.45) is 0 Å². The SMILES string of the molecule is CC1(C)c2ccccc2-c2ccc(-n3c4ccccc4c4ccc5c(c43)-c3ccccc3C5c3ccc(-c4ccccc4)cc3)cc21. The summed E-state index contributed by atoms with van der Waals surface area (Å²) in [5.41, 5.74) is 18.5. The summed E-state index contributed by atoms with van der Waals surface area (Å²) in [5.74, 6) is 0.176. The fourth-order valence-electron chi connectivity index (χ4n) is 8.70. The standard InChI is InChI=1S/C46H33N/c1-46(2)40-18-10-8-14-33(40)34-25-24-32(28-41(34)46)47-42-19-11-9-15-35(42)38-26-27-39-43(36-16-6-7-17-37(36)44(39)45(38)47)31-22-20-30(21-23-31)29-12-4-3-5-13-29/h3-28,43H,1-2H3. The van der Waals surface area contributed by atoms with Crippen molar-refractivity contribution in [2.45, 2.75) is 25.2 Å². The zero-order valence-corrected chi connectivity index (χ0v) is 26.5. The van der Waals surface area contributed by atoms with Crippen molar-refractivity contribution in [1.82, 2.24) is 4.57 Å². The molecule has 0 radical (unpaired) electrons. The summed E-state index contributed by atoms with van der Waals surface area (Å²) in [6.07, 6.45) is 0. The first kappa shape index (κ1) is 26.5. The average molecular weight is 600 g/mol. The van der Waals surface area contributed by atoms with E-state index in [1.54, 1.807) is 0 Å². The maximum Gasteiger partial charge on any atom is 0.0622 e. The van der Waals surface area contributed by atoms with Gasteiger partial charge in [0.15, 0.2) is 0 Å². The van der Waals surface area contributed by atoms with Crippen LogP contribution >= 0.6 is 0 Å². The molecule has 47 heavy (non-hydrogen) atoms. The Kier molecular flexibility index (Phi) is 5.46. The fourth-order valence-corrected chi connectivity index (χ4v) is 8.70. The summed E-state index contributed by atoms with van der Waals surface area (Å²) in [5, 5.41) is 2.60. The van der Waals surface area contributed by atoms with Gasteiger partial charge in [0.2, 0.25) is 0 Å². The molecule has 1 heterocycles. The number of benzene rings is 7. The molecule has 0 amide bonds. The Morgan fingerprint density at radius 2 is 1.17 bits per heavy atom. The van der Waals surface area contributed by atoms with E-state index in [0.717, 1.165) is 0 Å². The lowest BCUT2D eigenvalue weighted by atomic mass is 9.82. The molecule has 0 aliphatic heterocycles. The summed E-state index contributed by atoms with van der Waals surface area (Å²) in [4.78, 5) is 0. The van der Waals surface area contributed by atoms with Crippen LogP contribution in [0.2, 0.25) is 0 Å². The van der Waals surface area contributed by atoms with Crippen LogP contribution in [-0.4, -0.2) is 4.57 Å². The number of hydrogen-bond donors (Lipinski definition) is 0. The molecule has 8 aromatic rings. The highest BCUT2D eigenvalue weighted by Gasteiger charge is 2.36. The Balaban J connectivity index is 1.22. The lowest BCUT2D eigenvalue weighted by Gasteiger charge is -2.22. The maximum absolute atomic E-state index is 2.54. The average Bonchev–Trinajstić information content (AvgIpc) is 3.72. The van der Waals surface area contributed by atoms with E-state index >= 15 is 0 Å². The quantitative estimate of drug-likeness (QED) is 0.190. The van der Waals surface area contributed by atoms with Gasteiger partial charge in [0.05, 0.1) is 11.0 Å². The van der Waals surface area contributed by atoms with E-state index in [2.05, 4.69) is 176 Å². The van der Waals surface area contributed by atoms with Gasteiger partial charge >= 0.3 is 0 Å². The van der Waals surface area contributed by atoms with Crippen LogP contribution in [0.4, 0.5) is 0 Å². The van der Waals surface area contributed by atoms with Gasteiger partial charge < -0.3 is 4.57 Å². The van der Waals surface area contributed by atoms with Gasteiger partial charge in [-0.3, -0.25) is 0 Å². The number of aromatic nitrogens is 1. The fraction of sp³-hybridized carbons (Fsp3) is 0.0870. The summed E-state index contributed by atoms with van der Waals surface area (Å²) < 4.78 is 2.54. The third kappa shape index (κ3) is 3.66. The smallest absolute Gasteiger partial charge is 0.0622 e.